The summed E-state index contributed by atoms with van der Waals surface area (Å²) in [4.78, 5) is 5.22. The molecule has 0 atom stereocenters. The Morgan fingerprint density at radius 2 is 0.542 bits per heavy atom. The van der Waals surface area contributed by atoms with Crippen molar-refractivity contribution in [1.82, 2.24) is 4.57 Å². The third-order valence-electron chi connectivity index (χ3n) is 20.5. The van der Waals surface area contributed by atoms with Crippen molar-refractivity contribution in [2.24, 2.45) is 0 Å². The summed E-state index contributed by atoms with van der Waals surface area (Å²) in [7, 11) is -5.98. The maximum absolute atomic E-state index is 3.07. The normalized spacial score (nSPS) is 12.5. The highest BCUT2D eigenvalue weighted by Gasteiger charge is 2.48. The van der Waals surface area contributed by atoms with Crippen LogP contribution >= 0.6 is 0 Å². The Bertz CT molecular complexity index is 5260. The van der Waals surface area contributed by atoms with Crippen LogP contribution in [0.1, 0.15) is 0 Å². The summed E-state index contributed by atoms with van der Waals surface area (Å²) in [6.07, 6.45) is 0. The first-order valence-electron chi connectivity index (χ1n) is 33.3. The molecule has 18 rings (SSSR count). The minimum atomic E-state index is -3.07. The quantitative estimate of drug-likeness (QED) is 0.0842. The van der Waals surface area contributed by atoms with Gasteiger partial charge >= 0.3 is 0 Å². The summed E-state index contributed by atoms with van der Waals surface area (Å²) < 4.78 is 2.52. The zero-order valence-corrected chi connectivity index (χ0v) is 54.9. The van der Waals surface area contributed by atoms with Crippen molar-refractivity contribution in [2.75, 3.05) is 9.80 Å². The summed E-state index contributed by atoms with van der Waals surface area (Å²) in [6.45, 7) is -0.198. The number of benzene rings is 15. The second-order valence-corrected chi connectivity index (χ2v) is 33.1. The second kappa shape index (κ2) is 23.6. The molecule has 0 unspecified atom stereocenters. The molecule has 3 heterocycles. The molecule has 0 N–H and O–H groups in total. The lowest BCUT2D eigenvalue weighted by molar-refractivity contribution is 1.16. The van der Waals surface area contributed by atoms with E-state index in [0.717, 1.165) is 56.4 Å². The van der Waals surface area contributed by atoms with E-state index < -0.39 is 16.1 Å². The molecule has 2 aliphatic heterocycles. The Hall–Kier alpha value is -11.8. The predicted molar refractivity (Wildman–Crippen MR) is 413 cm³/mol. The Balaban J connectivity index is 0.959. The summed E-state index contributed by atoms with van der Waals surface area (Å²) >= 11 is 0. The van der Waals surface area contributed by atoms with E-state index in [0.29, 0.717) is 0 Å². The fraction of sp³-hybridized carbons (Fsp3) is 0. The maximum atomic E-state index is 2.65. The van der Waals surface area contributed by atoms with Crippen molar-refractivity contribution in [3.63, 3.8) is 0 Å². The third kappa shape index (κ3) is 9.09. The van der Waals surface area contributed by atoms with Gasteiger partial charge in [-0.05, 0) is 141 Å². The van der Waals surface area contributed by atoms with Crippen LogP contribution in [0.25, 0.3) is 49.7 Å². The standard InChI is InChI=1S/C90H64BN3Si2/c1-9-29-65(30-10-1)67-49-52-69(53-50-67)92-86-60-58-79(96(75-39-19-6-20-40-75,76-41-21-7-22-42-76)77-43-23-8-24-44-77)64-83(86)91-82-59-51-68(66-31-11-2-12-32-66)61-87(82)93(89-63-71(62-88(92)90(89)91)94-84-47-27-25-45-80(84)81-46-26-28-48-85(81)94)70-54-56-78(57-55-70)95(72-33-13-3-14-34-72,73-35-15-4-16-36-73)74-37-17-5-18-38-74/h1-64H. The van der Waals surface area contributed by atoms with Crippen molar-refractivity contribution in [1.29, 1.82) is 0 Å². The number of para-hydroxylation sites is 2. The molecule has 0 bridgehead atoms. The lowest BCUT2D eigenvalue weighted by Crippen LogP contribution is -2.75. The first-order chi connectivity index (χ1) is 47.6. The number of anilines is 6. The minimum absolute atomic E-state index is 0.198. The summed E-state index contributed by atoms with van der Waals surface area (Å²) in [5.41, 5.74) is 18.6. The molecule has 0 radical (unpaired) electrons. The van der Waals surface area contributed by atoms with E-state index >= 15 is 0 Å². The van der Waals surface area contributed by atoms with Crippen LogP contribution in [0.5, 0.6) is 0 Å². The summed E-state index contributed by atoms with van der Waals surface area (Å²) in [5, 5.41) is 13.1. The van der Waals surface area contributed by atoms with Crippen LogP contribution in [-0.4, -0.2) is 27.4 Å². The van der Waals surface area contributed by atoms with Crippen LogP contribution in [0.4, 0.5) is 34.1 Å². The Kier molecular flexibility index (Phi) is 14.0. The zero-order chi connectivity index (χ0) is 63.6. The van der Waals surface area contributed by atoms with Crippen molar-refractivity contribution in [3.05, 3.63) is 388 Å². The van der Waals surface area contributed by atoms with Crippen LogP contribution in [-0.2, 0) is 0 Å². The number of aromatic nitrogens is 1. The van der Waals surface area contributed by atoms with Crippen molar-refractivity contribution in [2.45, 2.75) is 0 Å². The number of nitrogens with zero attached hydrogens (tertiary/aromatic N) is 3. The molecule has 3 nitrogen and oxygen atoms in total. The maximum Gasteiger partial charge on any atom is 0.252 e. The van der Waals surface area contributed by atoms with Gasteiger partial charge in [0, 0.05) is 44.9 Å². The van der Waals surface area contributed by atoms with Gasteiger partial charge in [-0.1, -0.05) is 328 Å². The molecule has 450 valence electrons. The number of hydrogen-bond acceptors (Lipinski definition) is 2. The van der Waals surface area contributed by atoms with Gasteiger partial charge in [0.15, 0.2) is 16.1 Å². The topological polar surface area (TPSA) is 11.4 Å². The first kappa shape index (κ1) is 56.9. The molecule has 6 heteroatoms. The Labute approximate surface area is 563 Å². The van der Waals surface area contributed by atoms with Gasteiger partial charge in [-0.2, -0.15) is 0 Å². The molecule has 0 saturated heterocycles. The van der Waals surface area contributed by atoms with E-state index in [1.54, 1.807) is 0 Å². The van der Waals surface area contributed by atoms with Gasteiger partial charge in [0.25, 0.3) is 6.71 Å². The van der Waals surface area contributed by atoms with Crippen molar-refractivity contribution >= 4 is 137 Å². The SMILES string of the molecule is c1ccc(-c2ccc(N3c4ccc([Si](c5ccccc5)(c5ccccc5)c5ccccc5)cc4B4c5ccc(-c6ccccc6)cc5N(c5ccc([Si](c6ccccc6)(c6ccccc6)c6ccccc6)cc5)c5cc(-n6c7ccccc7c7ccccc76)cc3c54)cc2)cc1. The van der Waals surface area contributed by atoms with Gasteiger partial charge in [0.2, 0.25) is 0 Å². The molecule has 16 aromatic rings. The lowest BCUT2D eigenvalue weighted by Gasteiger charge is -2.45. The molecule has 96 heavy (non-hydrogen) atoms. The average molecular weight is 1250 g/mol. The van der Waals surface area contributed by atoms with Crippen LogP contribution in [0.3, 0.4) is 0 Å². The van der Waals surface area contributed by atoms with Gasteiger partial charge in [-0.3, -0.25) is 0 Å². The molecule has 15 aromatic carbocycles. The third-order valence-corrected chi connectivity index (χ3v) is 30.0. The number of hydrogen-bond donors (Lipinski definition) is 0. The Morgan fingerprint density at radius 1 is 0.208 bits per heavy atom. The van der Waals surface area contributed by atoms with E-state index in [1.165, 1.54) is 85.3 Å². The van der Waals surface area contributed by atoms with Gasteiger partial charge < -0.3 is 14.4 Å². The van der Waals surface area contributed by atoms with Crippen molar-refractivity contribution < 1.29 is 0 Å². The molecule has 0 amide bonds. The van der Waals surface area contributed by atoms with Gasteiger partial charge in [-0.15, -0.1) is 0 Å². The monoisotopic (exact) mass is 1250 g/mol. The van der Waals surface area contributed by atoms with E-state index in [4.69, 9.17) is 0 Å². The fourth-order valence-corrected chi connectivity index (χ4v) is 25.9. The fourth-order valence-electron chi connectivity index (χ4n) is 16.3. The van der Waals surface area contributed by atoms with E-state index in [-0.39, 0.29) is 6.71 Å². The molecule has 0 spiro atoms. The number of fused-ring (bicyclic) bond motifs is 7. The number of rotatable bonds is 13. The molecule has 0 fully saturated rings. The molecular formula is C90H64BN3Si2. The summed E-state index contributed by atoms with van der Waals surface area (Å²) in [6, 6.07) is 147. The van der Waals surface area contributed by atoms with E-state index in [1.807, 2.05) is 0 Å². The van der Waals surface area contributed by atoms with Crippen molar-refractivity contribution in [3.8, 4) is 27.9 Å². The molecule has 0 saturated carbocycles. The van der Waals surface area contributed by atoms with E-state index in [2.05, 4.69) is 403 Å². The second-order valence-electron chi connectivity index (χ2n) is 25.4. The lowest BCUT2D eigenvalue weighted by atomic mass is 9.33. The summed E-state index contributed by atoms with van der Waals surface area (Å²) in [5.74, 6) is 0. The highest BCUT2D eigenvalue weighted by Crippen LogP contribution is 2.47. The minimum Gasteiger partial charge on any atom is -0.311 e. The smallest absolute Gasteiger partial charge is 0.252 e. The Morgan fingerprint density at radius 3 is 0.990 bits per heavy atom. The van der Waals surface area contributed by atoms with Gasteiger partial charge in [0.1, 0.15) is 0 Å². The zero-order valence-electron chi connectivity index (χ0n) is 52.9. The largest absolute Gasteiger partial charge is 0.311 e. The van der Waals surface area contributed by atoms with Crippen LogP contribution in [0.15, 0.2) is 388 Å². The highest BCUT2D eigenvalue weighted by molar-refractivity contribution is 7.20. The first-order valence-corrected chi connectivity index (χ1v) is 37.3. The van der Waals surface area contributed by atoms with E-state index in [9.17, 15) is 0 Å². The molecule has 2 aliphatic rings. The predicted octanol–water partition coefficient (Wildman–Crippen LogP) is 15.0. The van der Waals surface area contributed by atoms with Crippen LogP contribution < -0.4 is 67.7 Å². The van der Waals surface area contributed by atoms with Gasteiger partial charge in [-0.25, -0.2) is 0 Å². The van der Waals surface area contributed by atoms with Crippen LogP contribution in [0.2, 0.25) is 0 Å². The molecular weight excluding hydrogens is 1190 g/mol. The highest BCUT2D eigenvalue weighted by atomic mass is 28.3. The molecule has 1 aromatic heterocycles. The van der Waals surface area contributed by atoms with Crippen LogP contribution in [0, 0.1) is 0 Å². The average Bonchev–Trinajstić information content (AvgIpc) is 0.774. The van der Waals surface area contributed by atoms with Gasteiger partial charge in [0.05, 0.1) is 16.7 Å². The molecule has 0 aliphatic carbocycles.